The molecule has 0 saturated carbocycles. The van der Waals surface area contributed by atoms with Gasteiger partial charge in [0.25, 0.3) is 5.91 Å². The van der Waals surface area contributed by atoms with E-state index in [-0.39, 0.29) is 40.9 Å². The molecular formula is C39H31F4N3O4S. The predicted octanol–water partition coefficient (Wildman–Crippen LogP) is 7.49. The second-order valence-electron chi connectivity index (χ2n) is 12.0. The summed E-state index contributed by atoms with van der Waals surface area (Å²) in [5.41, 5.74) is 1.45. The van der Waals surface area contributed by atoms with Crippen molar-refractivity contribution in [2.24, 2.45) is 0 Å². The van der Waals surface area contributed by atoms with Crippen LogP contribution in [0.15, 0.2) is 114 Å². The number of hydrogen-bond acceptors (Lipinski definition) is 6. The maximum Gasteiger partial charge on any atom is 0.347 e. The quantitative estimate of drug-likeness (QED) is 0.101. The lowest BCUT2D eigenvalue weighted by Gasteiger charge is -2.18. The zero-order valence-corrected chi connectivity index (χ0v) is 28.0. The first-order chi connectivity index (χ1) is 24.5. The molecule has 0 spiro atoms. The average Bonchev–Trinajstić information content (AvgIpc) is 3.51. The van der Waals surface area contributed by atoms with E-state index in [1.54, 1.807) is 42.5 Å². The number of aliphatic hydroxyl groups excluding tert-OH is 1. The second kappa shape index (κ2) is 14.8. The number of aliphatic hydroxyl groups is 1. The standard InChI is InChI=1S/C39H31F4N3O4S/c1-45(19-24-9-4-2-5-10-24)20-29-33-35(49)30(34(48)25-11-6-3-7-12-25)22-46(21-28-31(40)13-8-14-32(28)41)37(33)51-36(29)26-15-17-27(18-16-26)44-38(50)39(42,43)23-47/h2-18,22,47H,19-21,23H2,1H3,(H,44,50). The van der Waals surface area contributed by atoms with Crippen molar-refractivity contribution in [1.29, 1.82) is 0 Å². The highest BCUT2D eigenvalue weighted by Gasteiger charge is 2.38. The summed E-state index contributed by atoms with van der Waals surface area (Å²) in [6, 6.07) is 27.4. The minimum atomic E-state index is -3.98. The van der Waals surface area contributed by atoms with E-state index in [9.17, 15) is 23.2 Å². The Labute approximate surface area is 294 Å². The van der Waals surface area contributed by atoms with Crippen molar-refractivity contribution in [3.8, 4) is 10.4 Å². The number of carbonyl (C=O) groups is 2. The predicted molar refractivity (Wildman–Crippen MR) is 189 cm³/mol. The van der Waals surface area contributed by atoms with Crippen LogP contribution in [0.1, 0.15) is 32.6 Å². The third-order valence-corrected chi connectivity index (χ3v) is 9.65. The van der Waals surface area contributed by atoms with Gasteiger partial charge in [0.15, 0.2) is 5.78 Å². The van der Waals surface area contributed by atoms with E-state index >= 15 is 8.78 Å². The van der Waals surface area contributed by atoms with E-state index < -0.39 is 41.3 Å². The zero-order valence-electron chi connectivity index (χ0n) is 27.2. The Balaban J connectivity index is 1.54. The van der Waals surface area contributed by atoms with Gasteiger partial charge in [0.05, 0.1) is 17.5 Å². The molecule has 0 aliphatic carbocycles. The summed E-state index contributed by atoms with van der Waals surface area (Å²) >= 11 is 1.18. The molecule has 6 rings (SSSR count). The number of ketones is 1. The van der Waals surface area contributed by atoms with E-state index in [1.165, 1.54) is 40.3 Å². The van der Waals surface area contributed by atoms with Gasteiger partial charge in [0.2, 0.25) is 5.43 Å². The van der Waals surface area contributed by atoms with E-state index in [2.05, 4.69) is 5.32 Å². The molecule has 0 aliphatic heterocycles. The Hall–Kier alpha value is -5.43. The van der Waals surface area contributed by atoms with Crippen LogP contribution < -0.4 is 10.7 Å². The Morgan fingerprint density at radius 1 is 0.843 bits per heavy atom. The van der Waals surface area contributed by atoms with Gasteiger partial charge in [-0.2, -0.15) is 8.78 Å². The van der Waals surface area contributed by atoms with Crippen molar-refractivity contribution < 1.29 is 32.3 Å². The average molecular weight is 714 g/mol. The summed E-state index contributed by atoms with van der Waals surface area (Å²) < 4.78 is 59.0. The molecular weight excluding hydrogens is 683 g/mol. The van der Waals surface area contributed by atoms with Crippen molar-refractivity contribution in [1.82, 2.24) is 9.47 Å². The van der Waals surface area contributed by atoms with E-state index in [1.807, 2.05) is 42.3 Å². The lowest BCUT2D eigenvalue weighted by molar-refractivity contribution is -0.144. The van der Waals surface area contributed by atoms with E-state index in [0.29, 0.717) is 27.4 Å². The normalized spacial score (nSPS) is 11.7. The highest BCUT2D eigenvalue weighted by Crippen LogP contribution is 2.39. The first-order valence-electron chi connectivity index (χ1n) is 15.8. The van der Waals surface area contributed by atoms with Gasteiger partial charge >= 0.3 is 5.92 Å². The third-order valence-electron chi connectivity index (χ3n) is 8.34. The van der Waals surface area contributed by atoms with Crippen molar-refractivity contribution in [2.75, 3.05) is 19.0 Å². The van der Waals surface area contributed by atoms with Gasteiger partial charge in [-0.05, 0) is 48.0 Å². The number of pyridine rings is 1. The SMILES string of the molecule is CN(Cc1ccccc1)Cc1c(-c2ccc(NC(=O)C(F)(F)CO)cc2)sc2c1c(=O)c(C(=O)c1ccccc1)cn2Cc1c(F)cccc1F. The van der Waals surface area contributed by atoms with Crippen LogP contribution in [-0.2, 0) is 24.4 Å². The van der Waals surface area contributed by atoms with E-state index in [0.717, 1.165) is 17.7 Å². The van der Waals surface area contributed by atoms with Crippen molar-refractivity contribution in [3.63, 3.8) is 0 Å². The number of alkyl halides is 2. The molecule has 7 nitrogen and oxygen atoms in total. The highest BCUT2D eigenvalue weighted by molar-refractivity contribution is 7.22. The number of rotatable bonds is 12. The molecule has 4 aromatic carbocycles. The largest absolute Gasteiger partial charge is 0.390 e. The maximum atomic E-state index is 15.0. The molecule has 0 bridgehead atoms. The third kappa shape index (κ3) is 7.53. The summed E-state index contributed by atoms with van der Waals surface area (Å²) in [4.78, 5) is 43.2. The topological polar surface area (TPSA) is 91.6 Å². The van der Waals surface area contributed by atoms with Crippen molar-refractivity contribution in [2.45, 2.75) is 25.6 Å². The summed E-state index contributed by atoms with van der Waals surface area (Å²) in [7, 11) is 1.87. The van der Waals surface area contributed by atoms with Crippen LogP contribution in [-0.4, -0.2) is 45.8 Å². The smallest absolute Gasteiger partial charge is 0.347 e. The number of benzene rings is 4. The monoisotopic (exact) mass is 713 g/mol. The molecule has 0 radical (unpaired) electrons. The molecule has 260 valence electrons. The minimum absolute atomic E-state index is 0.0473. The zero-order chi connectivity index (χ0) is 36.3. The molecule has 0 fully saturated rings. The fraction of sp³-hybridized carbons (Fsp3) is 0.154. The number of fused-ring (bicyclic) bond motifs is 1. The minimum Gasteiger partial charge on any atom is -0.390 e. The van der Waals surface area contributed by atoms with Crippen LogP contribution in [0.4, 0.5) is 23.2 Å². The number of nitrogens with zero attached hydrogens (tertiary/aromatic N) is 2. The van der Waals surface area contributed by atoms with Crippen LogP contribution >= 0.6 is 11.3 Å². The molecule has 2 N–H and O–H groups in total. The number of anilines is 1. The number of nitrogens with one attached hydrogen (secondary N) is 1. The summed E-state index contributed by atoms with van der Waals surface area (Å²) in [6.45, 7) is -1.26. The Bertz CT molecular complexity index is 2250. The van der Waals surface area contributed by atoms with Crippen LogP contribution in [0.5, 0.6) is 0 Å². The molecule has 1 amide bonds. The lowest BCUT2D eigenvalue weighted by atomic mass is 10.00. The molecule has 0 aliphatic rings. The van der Waals surface area contributed by atoms with Gasteiger partial charge in [-0.25, -0.2) is 8.78 Å². The number of aromatic nitrogens is 1. The Morgan fingerprint density at radius 3 is 2.10 bits per heavy atom. The van der Waals surface area contributed by atoms with Gasteiger partial charge < -0.3 is 15.0 Å². The first-order valence-corrected chi connectivity index (χ1v) is 16.6. The maximum absolute atomic E-state index is 15.0. The molecule has 6 aromatic rings. The fourth-order valence-electron chi connectivity index (χ4n) is 5.78. The number of halogens is 4. The lowest BCUT2D eigenvalue weighted by Crippen LogP contribution is -2.37. The van der Waals surface area contributed by atoms with Gasteiger partial charge in [-0.15, -0.1) is 11.3 Å². The summed E-state index contributed by atoms with van der Waals surface area (Å²) in [6.07, 6.45) is 1.34. The van der Waals surface area contributed by atoms with Gasteiger partial charge in [-0.3, -0.25) is 19.3 Å². The second-order valence-corrected chi connectivity index (χ2v) is 13.0. The number of thiophene rings is 1. The number of carbonyl (C=O) groups excluding carboxylic acids is 2. The summed E-state index contributed by atoms with van der Waals surface area (Å²) in [5, 5.41) is 11.2. The molecule has 2 heterocycles. The van der Waals surface area contributed by atoms with Crippen LogP contribution in [0.25, 0.3) is 20.7 Å². The molecule has 0 unspecified atom stereocenters. The van der Waals surface area contributed by atoms with Crippen LogP contribution in [0, 0.1) is 11.6 Å². The van der Waals surface area contributed by atoms with Crippen LogP contribution in [0.3, 0.4) is 0 Å². The Morgan fingerprint density at radius 2 is 1.47 bits per heavy atom. The van der Waals surface area contributed by atoms with Crippen LogP contribution in [0.2, 0.25) is 0 Å². The highest BCUT2D eigenvalue weighted by atomic mass is 32.1. The number of amides is 1. The summed E-state index contributed by atoms with van der Waals surface area (Å²) in [5.74, 6) is -7.79. The number of hydrogen-bond donors (Lipinski definition) is 2. The first kappa shape index (κ1) is 35.4. The fourth-order valence-corrected chi connectivity index (χ4v) is 7.07. The molecule has 2 aromatic heterocycles. The molecule has 12 heteroatoms. The van der Waals surface area contributed by atoms with Crippen molar-refractivity contribution >= 4 is 38.9 Å². The van der Waals surface area contributed by atoms with Gasteiger partial charge in [0.1, 0.15) is 23.1 Å². The van der Waals surface area contributed by atoms with E-state index in [4.69, 9.17) is 5.11 Å². The molecule has 0 atom stereocenters. The van der Waals surface area contributed by atoms with Gasteiger partial charge in [-0.1, -0.05) is 78.9 Å². The van der Waals surface area contributed by atoms with Gasteiger partial charge in [0, 0.05) is 41.0 Å². The van der Waals surface area contributed by atoms with Crippen molar-refractivity contribution in [3.05, 3.63) is 159 Å². The Kier molecular flexibility index (Phi) is 10.3. The molecule has 0 saturated heterocycles. The molecule has 51 heavy (non-hydrogen) atoms.